The van der Waals surface area contributed by atoms with Gasteiger partial charge in [0.15, 0.2) is 0 Å². The second kappa shape index (κ2) is 7.46. The zero-order valence-electron chi connectivity index (χ0n) is 12.1. The molecule has 0 bridgehead atoms. The quantitative estimate of drug-likeness (QED) is 0.666. The molecular formula is C17H21N3. The highest BCUT2D eigenvalue weighted by Gasteiger charge is 2.03. The van der Waals surface area contributed by atoms with Gasteiger partial charge in [0.2, 0.25) is 0 Å². The van der Waals surface area contributed by atoms with Crippen LogP contribution >= 0.6 is 0 Å². The second-order valence-electron chi connectivity index (χ2n) is 4.89. The lowest BCUT2D eigenvalue weighted by Gasteiger charge is -2.12. The summed E-state index contributed by atoms with van der Waals surface area (Å²) in [7, 11) is 4.12. The third-order valence-electron chi connectivity index (χ3n) is 2.90. The van der Waals surface area contributed by atoms with Gasteiger partial charge in [0.25, 0.3) is 0 Å². The molecule has 0 unspecified atom stereocenters. The molecule has 0 fully saturated rings. The minimum atomic E-state index is 0.775. The summed E-state index contributed by atoms with van der Waals surface area (Å²) in [6.07, 6.45) is 0. The Bertz CT molecular complexity index is 533. The van der Waals surface area contributed by atoms with Crippen molar-refractivity contribution < 1.29 is 0 Å². The molecule has 104 valence electrons. The van der Waals surface area contributed by atoms with Crippen LogP contribution in [0.5, 0.6) is 0 Å². The van der Waals surface area contributed by atoms with Crippen molar-refractivity contribution in [2.24, 2.45) is 4.99 Å². The van der Waals surface area contributed by atoms with Gasteiger partial charge in [0.05, 0.1) is 6.54 Å². The van der Waals surface area contributed by atoms with Crippen LogP contribution in [0.2, 0.25) is 0 Å². The molecule has 3 nitrogen and oxygen atoms in total. The standard InChI is InChI=1S/C17H21N3/c1-20(2)14-13-18-17(15-9-5-3-6-10-15)19-16-11-7-4-8-12-16/h3-12H,13-14H2,1-2H3,(H,18,19). The summed E-state index contributed by atoms with van der Waals surface area (Å²) in [5.41, 5.74) is 2.16. The SMILES string of the molecule is CN(C)CCN=C(Nc1ccccc1)c1ccccc1. The summed E-state index contributed by atoms with van der Waals surface area (Å²) in [4.78, 5) is 6.83. The zero-order valence-corrected chi connectivity index (χ0v) is 12.1. The van der Waals surface area contributed by atoms with Gasteiger partial charge in [-0.1, -0.05) is 48.5 Å². The largest absolute Gasteiger partial charge is 0.340 e. The number of nitrogens with one attached hydrogen (secondary N) is 1. The first-order valence-corrected chi connectivity index (χ1v) is 6.82. The average molecular weight is 267 g/mol. The maximum Gasteiger partial charge on any atom is 0.132 e. The molecular weight excluding hydrogens is 246 g/mol. The van der Waals surface area contributed by atoms with Crippen molar-refractivity contribution in [1.82, 2.24) is 4.90 Å². The lowest BCUT2D eigenvalue weighted by Crippen LogP contribution is -2.19. The van der Waals surface area contributed by atoms with Gasteiger partial charge in [0, 0.05) is 17.8 Å². The first-order valence-electron chi connectivity index (χ1n) is 6.82. The Labute approximate surface area is 121 Å². The number of benzene rings is 2. The summed E-state index contributed by atoms with van der Waals surface area (Å²) < 4.78 is 0. The maximum absolute atomic E-state index is 4.69. The molecule has 2 rings (SSSR count). The van der Waals surface area contributed by atoms with E-state index in [1.807, 2.05) is 48.5 Å². The summed E-state index contributed by atoms with van der Waals surface area (Å²) in [6, 6.07) is 20.4. The predicted molar refractivity (Wildman–Crippen MR) is 86.5 cm³/mol. The Balaban J connectivity index is 2.16. The monoisotopic (exact) mass is 267 g/mol. The Morgan fingerprint density at radius 3 is 2.15 bits per heavy atom. The fourth-order valence-corrected chi connectivity index (χ4v) is 1.82. The molecule has 0 aliphatic rings. The molecule has 0 aliphatic carbocycles. The first kappa shape index (κ1) is 14.3. The fourth-order valence-electron chi connectivity index (χ4n) is 1.82. The lowest BCUT2D eigenvalue weighted by atomic mass is 10.2. The molecule has 0 amide bonds. The van der Waals surface area contributed by atoms with Crippen molar-refractivity contribution >= 4 is 11.5 Å². The number of para-hydroxylation sites is 1. The molecule has 0 saturated carbocycles. The number of nitrogens with zero attached hydrogens (tertiary/aromatic N) is 2. The van der Waals surface area contributed by atoms with Gasteiger partial charge >= 0.3 is 0 Å². The number of amidine groups is 1. The van der Waals surface area contributed by atoms with Crippen LogP contribution in [0, 0.1) is 0 Å². The summed E-state index contributed by atoms with van der Waals surface area (Å²) >= 11 is 0. The van der Waals surface area contributed by atoms with Crippen LogP contribution in [0.15, 0.2) is 65.7 Å². The van der Waals surface area contributed by atoms with Gasteiger partial charge in [-0.3, -0.25) is 4.99 Å². The van der Waals surface area contributed by atoms with Gasteiger partial charge in [-0.15, -0.1) is 0 Å². The first-order chi connectivity index (χ1) is 9.75. The molecule has 0 aromatic heterocycles. The van der Waals surface area contributed by atoms with Crippen LogP contribution in [0.4, 0.5) is 5.69 Å². The highest BCUT2D eigenvalue weighted by molar-refractivity contribution is 6.08. The number of rotatable bonds is 5. The van der Waals surface area contributed by atoms with Crippen LogP contribution < -0.4 is 5.32 Å². The molecule has 0 spiro atoms. The van der Waals surface area contributed by atoms with E-state index in [1.54, 1.807) is 0 Å². The fraction of sp³-hybridized carbons (Fsp3) is 0.235. The van der Waals surface area contributed by atoms with E-state index in [0.717, 1.165) is 30.2 Å². The second-order valence-corrected chi connectivity index (χ2v) is 4.89. The van der Waals surface area contributed by atoms with Crippen molar-refractivity contribution in [3.63, 3.8) is 0 Å². The molecule has 0 aliphatic heterocycles. The molecule has 2 aromatic rings. The van der Waals surface area contributed by atoms with Gasteiger partial charge in [-0.05, 0) is 26.2 Å². The van der Waals surface area contributed by atoms with Crippen molar-refractivity contribution in [2.75, 3.05) is 32.5 Å². The number of aliphatic imine (C=N–C) groups is 1. The van der Waals surface area contributed by atoms with Crippen LogP contribution in [0.25, 0.3) is 0 Å². The van der Waals surface area contributed by atoms with Crippen LogP contribution in [0.1, 0.15) is 5.56 Å². The number of hydrogen-bond acceptors (Lipinski definition) is 2. The van der Waals surface area contributed by atoms with E-state index in [0.29, 0.717) is 0 Å². The van der Waals surface area contributed by atoms with Gasteiger partial charge < -0.3 is 10.2 Å². The molecule has 0 atom stereocenters. The van der Waals surface area contributed by atoms with E-state index < -0.39 is 0 Å². The van der Waals surface area contributed by atoms with E-state index in [1.165, 1.54) is 0 Å². The highest BCUT2D eigenvalue weighted by Crippen LogP contribution is 2.09. The minimum absolute atomic E-state index is 0.775. The molecule has 0 saturated heterocycles. The smallest absolute Gasteiger partial charge is 0.132 e. The molecule has 0 radical (unpaired) electrons. The van der Waals surface area contributed by atoms with E-state index >= 15 is 0 Å². The molecule has 3 heteroatoms. The van der Waals surface area contributed by atoms with Crippen LogP contribution in [-0.4, -0.2) is 37.9 Å². The molecule has 20 heavy (non-hydrogen) atoms. The normalized spacial score (nSPS) is 11.7. The molecule has 1 N–H and O–H groups in total. The maximum atomic E-state index is 4.69. The van der Waals surface area contributed by atoms with Gasteiger partial charge in [0.1, 0.15) is 5.84 Å². The van der Waals surface area contributed by atoms with E-state index in [-0.39, 0.29) is 0 Å². The Morgan fingerprint density at radius 1 is 0.950 bits per heavy atom. The Hall–Kier alpha value is -2.13. The van der Waals surface area contributed by atoms with Crippen molar-refractivity contribution in [3.05, 3.63) is 66.2 Å². The van der Waals surface area contributed by atoms with Gasteiger partial charge in [-0.25, -0.2) is 0 Å². The van der Waals surface area contributed by atoms with Crippen molar-refractivity contribution in [1.29, 1.82) is 0 Å². The van der Waals surface area contributed by atoms with Crippen LogP contribution in [-0.2, 0) is 0 Å². The summed E-state index contributed by atoms with van der Waals surface area (Å²) in [5.74, 6) is 0.915. The van der Waals surface area contributed by atoms with Gasteiger partial charge in [-0.2, -0.15) is 0 Å². The zero-order chi connectivity index (χ0) is 14.2. The summed E-state index contributed by atoms with van der Waals surface area (Å²) in [5, 5.41) is 3.40. The Morgan fingerprint density at radius 2 is 1.55 bits per heavy atom. The third-order valence-corrected chi connectivity index (χ3v) is 2.90. The predicted octanol–water partition coefficient (Wildman–Crippen LogP) is 3.11. The number of hydrogen-bond donors (Lipinski definition) is 1. The summed E-state index contributed by atoms with van der Waals surface area (Å²) in [6.45, 7) is 1.71. The number of likely N-dealkylation sites (N-methyl/N-ethyl adjacent to an activating group) is 1. The van der Waals surface area contributed by atoms with E-state index in [4.69, 9.17) is 4.99 Å². The van der Waals surface area contributed by atoms with Crippen molar-refractivity contribution in [2.45, 2.75) is 0 Å². The van der Waals surface area contributed by atoms with Crippen LogP contribution in [0.3, 0.4) is 0 Å². The van der Waals surface area contributed by atoms with Crippen molar-refractivity contribution in [3.8, 4) is 0 Å². The number of anilines is 1. The van der Waals surface area contributed by atoms with E-state index in [9.17, 15) is 0 Å². The lowest BCUT2D eigenvalue weighted by molar-refractivity contribution is 0.420. The minimum Gasteiger partial charge on any atom is -0.340 e. The van der Waals surface area contributed by atoms with E-state index in [2.05, 4.69) is 36.4 Å². The average Bonchev–Trinajstić information content (AvgIpc) is 2.48. The Kier molecular flexibility index (Phi) is 5.33. The topological polar surface area (TPSA) is 27.6 Å². The molecule has 0 heterocycles. The third kappa shape index (κ3) is 4.52. The highest BCUT2D eigenvalue weighted by atomic mass is 15.1. The molecule has 2 aromatic carbocycles.